The smallest absolute Gasteiger partial charge is 0.320 e. The highest BCUT2D eigenvalue weighted by Gasteiger charge is 2.29. The predicted molar refractivity (Wildman–Crippen MR) is 89.1 cm³/mol. The monoisotopic (exact) mass is 328 g/mol. The second kappa shape index (κ2) is 6.84. The minimum Gasteiger partial charge on any atom is -0.480 e. The Kier molecular flexibility index (Phi) is 4.61. The maximum atomic E-state index is 12.5. The quantitative estimate of drug-likeness (QED) is 0.792. The van der Waals surface area contributed by atoms with Gasteiger partial charge in [0.15, 0.2) is 0 Å². The molecule has 1 aromatic heterocycles. The van der Waals surface area contributed by atoms with E-state index in [9.17, 15) is 9.59 Å². The molecular weight excluding hydrogens is 308 g/mol. The fourth-order valence-electron chi connectivity index (χ4n) is 2.91. The van der Waals surface area contributed by atoms with E-state index < -0.39 is 12.0 Å². The maximum Gasteiger partial charge on any atom is 0.320 e. The van der Waals surface area contributed by atoms with Crippen molar-refractivity contribution in [3.63, 3.8) is 0 Å². The van der Waals surface area contributed by atoms with E-state index in [-0.39, 0.29) is 11.8 Å². The predicted octanol–water partition coefficient (Wildman–Crippen LogP) is 1.57. The molecule has 1 aliphatic heterocycles. The van der Waals surface area contributed by atoms with Crippen LogP contribution in [0.25, 0.3) is 5.69 Å². The number of aryl methyl sites for hydroxylation is 1. The second-order valence-corrected chi connectivity index (χ2v) is 5.98. The Morgan fingerprint density at radius 1 is 1.29 bits per heavy atom. The highest BCUT2D eigenvalue weighted by atomic mass is 16.4. The third-order valence-electron chi connectivity index (χ3n) is 4.32. The van der Waals surface area contributed by atoms with Crippen molar-refractivity contribution < 1.29 is 14.7 Å². The van der Waals surface area contributed by atoms with Gasteiger partial charge < -0.3 is 15.7 Å². The number of anilines is 1. The van der Waals surface area contributed by atoms with Gasteiger partial charge in [0, 0.05) is 12.6 Å². The molecule has 0 saturated carbocycles. The number of hydrogen-bond acceptors (Lipinski definition) is 4. The van der Waals surface area contributed by atoms with Crippen molar-refractivity contribution in [2.45, 2.75) is 25.8 Å². The van der Waals surface area contributed by atoms with Gasteiger partial charge in [-0.3, -0.25) is 9.59 Å². The molecule has 3 N–H and O–H groups in total. The van der Waals surface area contributed by atoms with Gasteiger partial charge in [-0.05, 0) is 31.4 Å². The van der Waals surface area contributed by atoms with Crippen LogP contribution in [0.5, 0.6) is 0 Å². The molecule has 126 valence electrons. The molecule has 0 bridgehead atoms. The van der Waals surface area contributed by atoms with E-state index in [1.54, 1.807) is 16.9 Å². The average Bonchev–Trinajstić information content (AvgIpc) is 3.03. The molecule has 3 rings (SSSR count). The molecule has 7 heteroatoms. The minimum atomic E-state index is -0.869. The van der Waals surface area contributed by atoms with Gasteiger partial charge in [0.1, 0.15) is 11.9 Å². The second-order valence-electron chi connectivity index (χ2n) is 5.98. The van der Waals surface area contributed by atoms with Crippen molar-refractivity contribution in [1.29, 1.82) is 0 Å². The van der Waals surface area contributed by atoms with E-state index in [1.165, 1.54) is 0 Å². The van der Waals surface area contributed by atoms with Crippen LogP contribution in [0.2, 0.25) is 0 Å². The number of aromatic nitrogens is 2. The fraction of sp³-hybridized carbons (Fsp3) is 0.353. The Morgan fingerprint density at radius 3 is 2.75 bits per heavy atom. The lowest BCUT2D eigenvalue weighted by atomic mass is 9.94. The van der Waals surface area contributed by atoms with Crippen molar-refractivity contribution >= 4 is 17.7 Å². The van der Waals surface area contributed by atoms with Crippen LogP contribution in [0.3, 0.4) is 0 Å². The molecule has 1 saturated heterocycles. The van der Waals surface area contributed by atoms with Crippen molar-refractivity contribution in [2.75, 3.05) is 11.9 Å². The number of amides is 1. The zero-order chi connectivity index (χ0) is 17.1. The Hall–Kier alpha value is -2.67. The number of carbonyl (C=O) groups excluding carboxylic acids is 1. The number of piperidine rings is 1. The summed E-state index contributed by atoms with van der Waals surface area (Å²) in [5, 5.41) is 19.1. The average molecular weight is 328 g/mol. The Morgan fingerprint density at radius 2 is 2.08 bits per heavy atom. The maximum absolute atomic E-state index is 12.5. The van der Waals surface area contributed by atoms with E-state index >= 15 is 0 Å². The number of carboxylic acid groups (broad SMARTS) is 1. The molecule has 0 spiro atoms. The first-order valence-electron chi connectivity index (χ1n) is 7.93. The van der Waals surface area contributed by atoms with Gasteiger partial charge in [-0.15, -0.1) is 0 Å². The molecule has 0 aliphatic carbocycles. The first kappa shape index (κ1) is 16.2. The molecule has 2 heterocycles. The zero-order valence-corrected chi connectivity index (χ0v) is 13.4. The van der Waals surface area contributed by atoms with Crippen molar-refractivity contribution in [1.82, 2.24) is 15.1 Å². The molecule has 1 aromatic carbocycles. The van der Waals surface area contributed by atoms with E-state index in [0.717, 1.165) is 11.3 Å². The highest BCUT2D eigenvalue weighted by Crippen LogP contribution is 2.21. The number of nitrogens with zero attached hydrogens (tertiary/aromatic N) is 2. The van der Waals surface area contributed by atoms with Crippen LogP contribution in [0, 0.1) is 12.8 Å². The van der Waals surface area contributed by atoms with Crippen molar-refractivity contribution in [2.24, 2.45) is 5.92 Å². The summed E-state index contributed by atoms with van der Waals surface area (Å²) < 4.78 is 1.70. The molecule has 1 amide bonds. The number of carbonyl (C=O) groups is 2. The Balaban J connectivity index is 1.70. The molecule has 2 aromatic rings. The van der Waals surface area contributed by atoms with Crippen LogP contribution in [0.1, 0.15) is 18.4 Å². The van der Waals surface area contributed by atoms with E-state index in [4.69, 9.17) is 5.11 Å². The normalized spacial score (nSPS) is 20.5. The van der Waals surface area contributed by atoms with Gasteiger partial charge in [-0.25, -0.2) is 4.68 Å². The van der Waals surface area contributed by atoms with Crippen LogP contribution in [0.15, 0.2) is 36.5 Å². The van der Waals surface area contributed by atoms with Crippen LogP contribution in [-0.2, 0) is 9.59 Å². The van der Waals surface area contributed by atoms with Gasteiger partial charge >= 0.3 is 5.97 Å². The molecule has 2 unspecified atom stereocenters. The standard InChI is InChI=1S/C17H20N4O3/c1-11-4-2-3-5-14(11)21-15(8-9-19-21)20-16(22)12-6-7-13(17(23)24)18-10-12/h2-5,8-9,12-13,18H,6-7,10H2,1H3,(H,20,22)(H,23,24). The molecule has 1 aliphatic rings. The van der Waals surface area contributed by atoms with Crippen LogP contribution >= 0.6 is 0 Å². The third-order valence-corrected chi connectivity index (χ3v) is 4.32. The molecular formula is C17H20N4O3. The van der Waals surface area contributed by atoms with Crippen LogP contribution < -0.4 is 10.6 Å². The topological polar surface area (TPSA) is 96.2 Å². The van der Waals surface area contributed by atoms with E-state index in [2.05, 4.69) is 15.7 Å². The first-order chi connectivity index (χ1) is 11.6. The lowest BCUT2D eigenvalue weighted by molar-refractivity contribution is -0.141. The molecule has 2 atom stereocenters. The van der Waals surface area contributed by atoms with Gasteiger partial charge in [-0.2, -0.15) is 5.10 Å². The molecule has 7 nitrogen and oxygen atoms in total. The van der Waals surface area contributed by atoms with E-state index in [1.807, 2.05) is 31.2 Å². The fourth-order valence-corrected chi connectivity index (χ4v) is 2.91. The molecule has 0 radical (unpaired) electrons. The largest absolute Gasteiger partial charge is 0.480 e. The van der Waals surface area contributed by atoms with Gasteiger partial charge in [0.2, 0.25) is 5.91 Å². The number of benzene rings is 1. The zero-order valence-electron chi connectivity index (χ0n) is 13.4. The summed E-state index contributed by atoms with van der Waals surface area (Å²) in [5.41, 5.74) is 1.96. The highest BCUT2D eigenvalue weighted by molar-refractivity contribution is 5.92. The number of aliphatic carboxylic acids is 1. The van der Waals surface area contributed by atoms with Crippen LogP contribution in [0.4, 0.5) is 5.82 Å². The number of carboxylic acids is 1. The number of nitrogens with one attached hydrogen (secondary N) is 2. The summed E-state index contributed by atoms with van der Waals surface area (Å²) in [6, 6.07) is 8.99. The van der Waals surface area contributed by atoms with E-state index in [0.29, 0.717) is 25.2 Å². The summed E-state index contributed by atoms with van der Waals surface area (Å²) in [5.74, 6) is -0.636. The number of para-hydroxylation sites is 1. The number of hydrogen-bond donors (Lipinski definition) is 3. The third kappa shape index (κ3) is 3.30. The minimum absolute atomic E-state index is 0.123. The summed E-state index contributed by atoms with van der Waals surface area (Å²) in [4.78, 5) is 23.4. The van der Waals surface area contributed by atoms with Crippen molar-refractivity contribution in [3.05, 3.63) is 42.1 Å². The van der Waals surface area contributed by atoms with Crippen LogP contribution in [-0.4, -0.2) is 39.4 Å². The summed E-state index contributed by atoms with van der Waals surface area (Å²) in [6.45, 7) is 2.35. The summed E-state index contributed by atoms with van der Waals surface area (Å²) in [7, 11) is 0. The first-order valence-corrected chi connectivity index (χ1v) is 7.93. The molecule has 1 fully saturated rings. The number of rotatable bonds is 4. The van der Waals surface area contributed by atoms with Gasteiger partial charge in [-0.1, -0.05) is 18.2 Å². The Bertz CT molecular complexity index is 748. The van der Waals surface area contributed by atoms with Gasteiger partial charge in [0.05, 0.1) is 17.8 Å². The lowest BCUT2D eigenvalue weighted by Crippen LogP contribution is -2.47. The van der Waals surface area contributed by atoms with Crippen molar-refractivity contribution in [3.8, 4) is 5.69 Å². The lowest BCUT2D eigenvalue weighted by Gasteiger charge is -2.26. The van der Waals surface area contributed by atoms with Gasteiger partial charge in [0.25, 0.3) is 0 Å². The molecule has 24 heavy (non-hydrogen) atoms. The Labute approximate surface area is 139 Å². The summed E-state index contributed by atoms with van der Waals surface area (Å²) >= 11 is 0. The SMILES string of the molecule is Cc1ccccc1-n1nccc1NC(=O)C1CCC(C(=O)O)NC1. The summed E-state index contributed by atoms with van der Waals surface area (Å²) in [6.07, 6.45) is 2.64.